The highest BCUT2D eigenvalue weighted by Crippen LogP contribution is 2.22. The van der Waals surface area contributed by atoms with Crippen molar-refractivity contribution < 1.29 is 0 Å². The van der Waals surface area contributed by atoms with Crippen LogP contribution in [0.1, 0.15) is 13.8 Å². The summed E-state index contributed by atoms with van der Waals surface area (Å²) < 4.78 is 0. The van der Waals surface area contributed by atoms with Crippen LogP contribution in [-0.4, -0.2) is 5.25 Å². The minimum Gasteiger partial charge on any atom is -0.119 e. The topological polar surface area (TPSA) is 0 Å². The Balaban J connectivity index is 2.52. The first-order chi connectivity index (χ1) is 5.83. The van der Waals surface area contributed by atoms with Crippen LogP contribution in [0, 0.1) is 0 Å². The predicted octanol–water partition coefficient (Wildman–Crippen LogP) is 3.74. The molecule has 1 atom stereocenters. The Morgan fingerprint density at radius 3 is 2.50 bits per heavy atom. The minimum absolute atomic E-state index is 0.567. The van der Waals surface area contributed by atoms with E-state index >= 15 is 0 Å². The molecule has 1 rings (SSSR count). The molecule has 0 fully saturated rings. The molecule has 0 aliphatic carbocycles. The van der Waals surface area contributed by atoms with E-state index in [2.05, 4.69) is 50.3 Å². The van der Waals surface area contributed by atoms with Crippen LogP contribution in [0.3, 0.4) is 0 Å². The molecule has 0 radical (unpaired) electrons. The number of rotatable bonds is 3. The molecule has 1 heteroatoms. The molecule has 1 aromatic carbocycles. The Labute approximate surface area is 78.7 Å². The second-order valence-electron chi connectivity index (χ2n) is 2.66. The molecule has 0 spiro atoms. The lowest BCUT2D eigenvalue weighted by atomic mass is 10.4. The maximum atomic E-state index is 2.21. The number of hydrogen-bond acceptors (Lipinski definition) is 1. The maximum Gasteiger partial charge on any atom is 0.0246 e. The largest absolute Gasteiger partial charge is 0.119 e. The summed E-state index contributed by atoms with van der Waals surface area (Å²) in [5, 5.41) is 0.567. The number of thioether (sulfide) groups is 1. The summed E-state index contributed by atoms with van der Waals surface area (Å²) in [6.45, 7) is 4.26. The summed E-state index contributed by atoms with van der Waals surface area (Å²) in [6, 6.07) is 10.5. The highest BCUT2D eigenvalue weighted by Gasteiger charge is 1.97. The van der Waals surface area contributed by atoms with Gasteiger partial charge in [-0.15, -0.1) is 11.8 Å². The molecule has 0 aliphatic heterocycles. The van der Waals surface area contributed by atoms with Gasteiger partial charge < -0.3 is 0 Å². The molecule has 0 aliphatic rings. The first kappa shape index (κ1) is 9.40. The van der Waals surface area contributed by atoms with Gasteiger partial charge in [0.15, 0.2) is 0 Å². The van der Waals surface area contributed by atoms with Crippen LogP contribution >= 0.6 is 11.8 Å². The van der Waals surface area contributed by atoms with Gasteiger partial charge in [0.25, 0.3) is 0 Å². The average Bonchev–Trinajstić information content (AvgIpc) is 2.06. The third-order valence-corrected chi connectivity index (χ3v) is 2.60. The van der Waals surface area contributed by atoms with E-state index in [1.807, 2.05) is 17.8 Å². The van der Waals surface area contributed by atoms with Crippen molar-refractivity contribution in [3.63, 3.8) is 0 Å². The van der Waals surface area contributed by atoms with Crippen molar-refractivity contribution >= 4 is 11.8 Å². The molecule has 1 unspecified atom stereocenters. The first-order valence-corrected chi connectivity index (χ1v) is 5.05. The molecule has 0 heterocycles. The fourth-order valence-corrected chi connectivity index (χ4v) is 2.00. The third kappa shape index (κ3) is 3.14. The van der Waals surface area contributed by atoms with Crippen molar-refractivity contribution in [2.75, 3.05) is 0 Å². The smallest absolute Gasteiger partial charge is 0.0246 e. The van der Waals surface area contributed by atoms with Gasteiger partial charge in [-0.05, 0) is 26.0 Å². The highest BCUT2D eigenvalue weighted by atomic mass is 32.2. The molecule has 0 bridgehead atoms. The van der Waals surface area contributed by atoms with Crippen molar-refractivity contribution in [3.8, 4) is 0 Å². The van der Waals surface area contributed by atoms with Crippen molar-refractivity contribution in [1.82, 2.24) is 0 Å². The average molecular weight is 178 g/mol. The van der Waals surface area contributed by atoms with Gasteiger partial charge in [-0.2, -0.15) is 0 Å². The molecule has 12 heavy (non-hydrogen) atoms. The molecule has 0 saturated carbocycles. The lowest BCUT2D eigenvalue weighted by Crippen LogP contribution is -1.88. The van der Waals surface area contributed by atoms with Crippen molar-refractivity contribution in [2.24, 2.45) is 0 Å². The fourth-order valence-electron chi connectivity index (χ4n) is 1.02. The monoisotopic (exact) mass is 178 g/mol. The van der Waals surface area contributed by atoms with E-state index in [4.69, 9.17) is 0 Å². The molecule has 0 N–H and O–H groups in total. The molecular formula is C11H14S. The Morgan fingerprint density at radius 1 is 1.25 bits per heavy atom. The number of allylic oxidation sites excluding steroid dienone is 1. The highest BCUT2D eigenvalue weighted by molar-refractivity contribution is 8.00. The van der Waals surface area contributed by atoms with Crippen LogP contribution in [0.4, 0.5) is 0 Å². The first-order valence-electron chi connectivity index (χ1n) is 4.17. The van der Waals surface area contributed by atoms with Crippen LogP contribution in [0.2, 0.25) is 0 Å². The van der Waals surface area contributed by atoms with Crippen LogP contribution in [0.25, 0.3) is 0 Å². The van der Waals surface area contributed by atoms with Gasteiger partial charge >= 0.3 is 0 Å². The van der Waals surface area contributed by atoms with Crippen molar-refractivity contribution in [2.45, 2.75) is 24.0 Å². The van der Waals surface area contributed by atoms with Gasteiger partial charge in [-0.25, -0.2) is 0 Å². The van der Waals surface area contributed by atoms with Gasteiger partial charge in [0.05, 0.1) is 0 Å². The zero-order valence-corrected chi connectivity index (χ0v) is 8.34. The molecule has 0 saturated heterocycles. The zero-order valence-electron chi connectivity index (χ0n) is 7.53. The summed E-state index contributed by atoms with van der Waals surface area (Å²) in [5.74, 6) is 0. The van der Waals surface area contributed by atoms with Gasteiger partial charge in [0.1, 0.15) is 0 Å². The number of hydrogen-bond donors (Lipinski definition) is 0. The Bertz CT molecular complexity index is 238. The summed E-state index contributed by atoms with van der Waals surface area (Å²) in [6.07, 6.45) is 4.30. The van der Waals surface area contributed by atoms with E-state index < -0.39 is 0 Å². The molecular weight excluding hydrogens is 164 g/mol. The minimum atomic E-state index is 0.567. The van der Waals surface area contributed by atoms with Crippen molar-refractivity contribution in [1.29, 1.82) is 0 Å². The van der Waals surface area contributed by atoms with Gasteiger partial charge in [0.2, 0.25) is 0 Å². The number of benzene rings is 1. The fraction of sp³-hybridized carbons (Fsp3) is 0.273. The maximum absolute atomic E-state index is 2.21. The lowest BCUT2D eigenvalue weighted by molar-refractivity contribution is 1.23. The Kier molecular flexibility index (Phi) is 3.95. The predicted molar refractivity (Wildman–Crippen MR) is 56.6 cm³/mol. The van der Waals surface area contributed by atoms with E-state index in [9.17, 15) is 0 Å². The van der Waals surface area contributed by atoms with Gasteiger partial charge in [-0.1, -0.05) is 30.4 Å². The Hall–Kier alpha value is -0.690. The third-order valence-electron chi connectivity index (χ3n) is 1.53. The zero-order chi connectivity index (χ0) is 8.81. The van der Waals surface area contributed by atoms with E-state index in [1.165, 1.54) is 4.90 Å². The van der Waals surface area contributed by atoms with E-state index in [0.29, 0.717) is 5.25 Å². The van der Waals surface area contributed by atoms with E-state index in [0.717, 1.165) is 0 Å². The molecule has 0 amide bonds. The van der Waals surface area contributed by atoms with Gasteiger partial charge in [-0.3, -0.25) is 0 Å². The standard InChI is InChI=1S/C11H14S/c1-3-7-10(2)12-11-8-5-4-6-9-11/h3-10H,1-2H3/b7-3+. The van der Waals surface area contributed by atoms with Crippen LogP contribution in [0.15, 0.2) is 47.4 Å². The summed E-state index contributed by atoms with van der Waals surface area (Å²) in [4.78, 5) is 1.34. The van der Waals surface area contributed by atoms with Crippen LogP contribution < -0.4 is 0 Å². The molecule has 64 valence electrons. The quantitative estimate of drug-likeness (QED) is 0.502. The van der Waals surface area contributed by atoms with Crippen LogP contribution in [-0.2, 0) is 0 Å². The summed E-state index contributed by atoms with van der Waals surface area (Å²) >= 11 is 1.88. The van der Waals surface area contributed by atoms with Crippen molar-refractivity contribution in [3.05, 3.63) is 42.5 Å². The van der Waals surface area contributed by atoms with E-state index in [1.54, 1.807) is 0 Å². The second-order valence-corrected chi connectivity index (χ2v) is 4.11. The molecule has 1 aromatic rings. The van der Waals surface area contributed by atoms with E-state index in [-0.39, 0.29) is 0 Å². The second kappa shape index (κ2) is 5.04. The Morgan fingerprint density at radius 2 is 1.92 bits per heavy atom. The SMILES string of the molecule is C/C=C/C(C)Sc1ccccc1. The summed E-state index contributed by atoms with van der Waals surface area (Å²) in [5.41, 5.74) is 0. The lowest BCUT2D eigenvalue weighted by Gasteiger charge is -2.04. The summed E-state index contributed by atoms with van der Waals surface area (Å²) in [7, 11) is 0. The normalized spacial score (nSPS) is 13.5. The van der Waals surface area contributed by atoms with Gasteiger partial charge in [0, 0.05) is 10.1 Å². The van der Waals surface area contributed by atoms with Crippen LogP contribution in [0.5, 0.6) is 0 Å². The molecule has 0 nitrogen and oxygen atoms in total. The molecule has 0 aromatic heterocycles.